The largest absolute Gasteiger partial charge is 0.306 e. The Bertz CT molecular complexity index is 703. The van der Waals surface area contributed by atoms with E-state index in [0.717, 1.165) is 16.7 Å². The highest BCUT2D eigenvalue weighted by Gasteiger charge is 2.28. The van der Waals surface area contributed by atoms with Crippen LogP contribution in [0.4, 0.5) is 4.39 Å². The lowest BCUT2D eigenvalue weighted by molar-refractivity contribution is 0.572. The van der Waals surface area contributed by atoms with E-state index in [1.54, 1.807) is 0 Å². The molecular weight excluding hydrogens is 341 g/mol. The fraction of sp³-hybridized carbons (Fsp3) is 0.533. The van der Waals surface area contributed by atoms with E-state index in [-0.39, 0.29) is 17.7 Å². The zero-order chi connectivity index (χ0) is 17.4. The molecule has 1 aliphatic heterocycles. The van der Waals surface area contributed by atoms with Crippen LogP contribution in [0, 0.1) is 5.82 Å². The van der Waals surface area contributed by atoms with Crippen molar-refractivity contribution in [3.8, 4) is 0 Å². The number of nitrogens with one attached hydrogen (secondary N) is 2. The molecule has 8 heteroatoms. The fourth-order valence-electron chi connectivity index (χ4n) is 2.66. The van der Waals surface area contributed by atoms with Gasteiger partial charge < -0.3 is 5.43 Å². The minimum Gasteiger partial charge on any atom is -0.306 e. The average molecular weight is 362 g/mol. The van der Waals surface area contributed by atoms with Crippen LogP contribution in [-0.4, -0.2) is 19.8 Å². The van der Waals surface area contributed by atoms with Crippen molar-refractivity contribution in [2.75, 3.05) is 0 Å². The summed E-state index contributed by atoms with van der Waals surface area (Å²) in [6, 6.07) is 3.06. The van der Waals surface area contributed by atoms with Crippen molar-refractivity contribution in [1.82, 2.24) is 10.9 Å². The maximum Gasteiger partial charge on any atom is 0.271 e. The molecule has 1 heterocycles. The molecule has 0 amide bonds. The quantitative estimate of drug-likeness (QED) is 0.791. The van der Waals surface area contributed by atoms with Gasteiger partial charge in [0.2, 0.25) is 5.50 Å². The second-order valence-electron chi connectivity index (χ2n) is 6.22. The lowest BCUT2D eigenvalue weighted by Crippen LogP contribution is -2.38. The van der Waals surface area contributed by atoms with Crippen molar-refractivity contribution in [3.63, 3.8) is 0 Å². The molecule has 0 aromatic heterocycles. The predicted octanol–water partition coefficient (Wildman–Crippen LogP) is 2.97. The van der Waals surface area contributed by atoms with E-state index in [1.165, 1.54) is 12.1 Å². The van der Waals surface area contributed by atoms with Crippen molar-refractivity contribution in [2.24, 2.45) is 4.99 Å². The number of rotatable bonds is 5. The Hall–Kier alpha value is -1.18. The zero-order valence-corrected chi connectivity index (χ0v) is 15.1. The van der Waals surface area contributed by atoms with Gasteiger partial charge in [0.1, 0.15) is 11.7 Å². The Morgan fingerprint density at radius 2 is 1.74 bits per heavy atom. The Kier molecular flexibility index (Phi) is 5.33. The van der Waals surface area contributed by atoms with Crippen LogP contribution in [0.2, 0.25) is 0 Å². The van der Waals surface area contributed by atoms with E-state index < -0.39 is 14.5 Å². The molecule has 1 aromatic carbocycles. The van der Waals surface area contributed by atoms with E-state index in [4.69, 9.17) is 10.7 Å². The summed E-state index contributed by atoms with van der Waals surface area (Å²) in [6.45, 7) is 7.99. The van der Waals surface area contributed by atoms with Crippen LogP contribution < -0.4 is 10.9 Å². The molecule has 1 aromatic rings. The topological polar surface area (TPSA) is 70.6 Å². The molecule has 1 aliphatic rings. The van der Waals surface area contributed by atoms with Crippen LogP contribution in [0.5, 0.6) is 0 Å². The SMILES string of the molecule is CC(C)c1cc(F)cc(C(C)C)c1CC1=NC(S(=O)(=O)Cl)NN1. The number of nitrogens with zero attached hydrogens (tertiary/aromatic N) is 1. The van der Waals surface area contributed by atoms with Crippen molar-refractivity contribution in [1.29, 1.82) is 0 Å². The Morgan fingerprint density at radius 1 is 1.22 bits per heavy atom. The molecule has 0 radical (unpaired) electrons. The molecule has 0 bridgehead atoms. The molecule has 5 nitrogen and oxygen atoms in total. The highest BCUT2D eigenvalue weighted by molar-refractivity contribution is 8.14. The third-order valence-corrected chi connectivity index (χ3v) is 5.01. The maximum atomic E-state index is 13.9. The standard InChI is InChI=1S/C15H21ClFN3O2S/c1-8(2)11-5-10(17)6-12(9(3)4)13(11)7-14-18-15(20-19-14)23(16,21)22/h5-6,8-9,15,20H,7H2,1-4H3,(H,18,19). The first kappa shape index (κ1) is 18.2. The summed E-state index contributed by atoms with van der Waals surface area (Å²) >= 11 is 0. The molecule has 0 aliphatic carbocycles. The second-order valence-corrected chi connectivity index (χ2v) is 8.91. The van der Waals surface area contributed by atoms with Crippen molar-refractivity contribution >= 4 is 25.6 Å². The molecule has 128 valence electrons. The summed E-state index contributed by atoms with van der Waals surface area (Å²) in [5.41, 5.74) is 6.84. The second kappa shape index (κ2) is 6.75. The lowest BCUT2D eigenvalue weighted by Gasteiger charge is -2.20. The zero-order valence-electron chi connectivity index (χ0n) is 13.5. The lowest BCUT2D eigenvalue weighted by atomic mass is 9.86. The van der Waals surface area contributed by atoms with Crippen LogP contribution in [0.1, 0.15) is 56.2 Å². The Labute approximate surface area is 140 Å². The molecule has 2 rings (SSSR count). The van der Waals surface area contributed by atoms with Gasteiger partial charge in [-0.3, -0.25) is 0 Å². The number of hydrogen-bond acceptors (Lipinski definition) is 5. The van der Waals surface area contributed by atoms with Gasteiger partial charge in [0.15, 0.2) is 0 Å². The Morgan fingerprint density at radius 3 is 2.13 bits per heavy atom. The summed E-state index contributed by atoms with van der Waals surface area (Å²) in [4.78, 5) is 4.06. The first-order valence-corrected chi connectivity index (χ1v) is 9.80. The maximum absolute atomic E-state index is 13.9. The van der Waals surface area contributed by atoms with Crippen LogP contribution in [0.3, 0.4) is 0 Å². The van der Waals surface area contributed by atoms with E-state index in [0.29, 0.717) is 12.3 Å². The Balaban J connectivity index is 2.43. The molecule has 23 heavy (non-hydrogen) atoms. The van der Waals surface area contributed by atoms with E-state index in [2.05, 4.69) is 15.8 Å². The van der Waals surface area contributed by atoms with Crippen molar-refractivity contribution < 1.29 is 12.8 Å². The molecule has 1 atom stereocenters. The highest BCUT2D eigenvalue weighted by atomic mass is 35.7. The molecule has 0 saturated carbocycles. The van der Waals surface area contributed by atoms with E-state index in [1.807, 2.05) is 27.7 Å². The van der Waals surface area contributed by atoms with Crippen molar-refractivity contribution in [2.45, 2.75) is 51.4 Å². The van der Waals surface area contributed by atoms with Gasteiger partial charge >= 0.3 is 0 Å². The third-order valence-electron chi connectivity index (χ3n) is 3.75. The molecule has 2 N–H and O–H groups in total. The first-order chi connectivity index (χ1) is 10.6. The van der Waals surface area contributed by atoms with Gasteiger partial charge in [0.25, 0.3) is 9.05 Å². The van der Waals surface area contributed by atoms with Gasteiger partial charge in [0, 0.05) is 17.1 Å². The number of hydrogen-bond donors (Lipinski definition) is 2. The number of aliphatic imine (C=N–C) groups is 1. The van der Waals surface area contributed by atoms with Gasteiger partial charge in [-0.1, -0.05) is 27.7 Å². The van der Waals surface area contributed by atoms with Gasteiger partial charge in [-0.05, 0) is 40.7 Å². The van der Waals surface area contributed by atoms with E-state index in [9.17, 15) is 12.8 Å². The minimum absolute atomic E-state index is 0.140. The number of hydrazine groups is 1. The van der Waals surface area contributed by atoms with Gasteiger partial charge in [-0.25, -0.2) is 17.8 Å². The molecule has 1 unspecified atom stereocenters. The molecule has 0 fully saturated rings. The van der Waals surface area contributed by atoms with Gasteiger partial charge in [-0.15, -0.1) is 0 Å². The minimum atomic E-state index is -3.84. The molecule has 0 spiro atoms. The number of benzene rings is 1. The average Bonchev–Trinajstić information content (AvgIpc) is 2.88. The summed E-state index contributed by atoms with van der Waals surface area (Å²) in [7, 11) is 1.47. The first-order valence-electron chi connectivity index (χ1n) is 7.43. The summed E-state index contributed by atoms with van der Waals surface area (Å²) in [5, 5.41) is 0. The predicted molar refractivity (Wildman–Crippen MR) is 90.5 cm³/mol. The number of halogens is 2. The third kappa shape index (κ3) is 4.22. The molecular formula is C15H21ClFN3O2S. The summed E-state index contributed by atoms with van der Waals surface area (Å²) in [6.07, 6.45) is 0.386. The smallest absolute Gasteiger partial charge is 0.271 e. The molecule has 0 saturated heterocycles. The van der Waals surface area contributed by atoms with Gasteiger partial charge in [-0.2, -0.15) is 5.43 Å². The summed E-state index contributed by atoms with van der Waals surface area (Å²) in [5.74, 6) is 0.484. The summed E-state index contributed by atoms with van der Waals surface area (Å²) < 4.78 is 36.6. The fourth-order valence-corrected chi connectivity index (χ4v) is 3.36. The van der Waals surface area contributed by atoms with Crippen LogP contribution >= 0.6 is 10.7 Å². The monoisotopic (exact) mass is 361 g/mol. The normalized spacial score (nSPS) is 18.4. The van der Waals surface area contributed by atoms with Crippen LogP contribution in [-0.2, 0) is 15.5 Å². The van der Waals surface area contributed by atoms with Gasteiger partial charge in [0.05, 0.1) is 0 Å². The van der Waals surface area contributed by atoms with Crippen LogP contribution in [0.25, 0.3) is 0 Å². The van der Waals surface area contributed by atoms with Crippen LogP contribution in [0.15, 0.2) is 17.1 Å². The van der Waals surface area contributed by atoms with E-state index >= 15 is 0 Å². The number of amidine groups is 1. The van der Waals surface area contributed by atoms with Crippen molar-refractivity contribution in [3.05, 3.63) is 34.6 Å². The highest BCUT2D eigenvalue weighted by Crippen LogP contribution is 2.30.